The maximum absolute atomic E-state index is 12.0. The third-order valence-electron chi connectivity index (χ3n) is 2.87. The van der Waals surface area contributed by atoms with Crippen LogP contribution in [0.1, 0.15) is 25.3 Å². The highest BCUT2D eigenvalue weighted by Gasteiger charge is 2.19. The number of carbonyl (C=O) groups excluding carboxylic acids is 1. The summed E-state index contributed by atoms with van der Waals surface area (Å²) in [6.45, 7) is 2.00. The van der Waals surface area contributed by atoms with Crippen molar-refractivity contribution in [3.05, 3.63) is 29.8 Å². The van der Waals surface area contributed by atoms with Crippen LogP contribution in [0, 0.1) is 11.3 Å². The monoisotopic (exact) mass is 309 g/mol. The van der Waals surface area contributed by atoms with E-state index in [0.29, 0.717) is 24.2 Å². The lowest BCUT2D eigenvalue weighted by Crippen LogP contribution is -2.38. The zero-order valence-corrected chi connectivity index (χ0v) is 13.0. The molecule has 0 radical (unpaired) electrons. The molecule has 0 spiro atoms. The molecule has 0 aliphatic rings. The van der Waals surface area contributed by atoms with Gasteiger partial charge in [0.2, 0.25) is 15.9 Å². The maximum Gasteiger partial charge on any atom is 0.239 e. The molecule has 0 aromatic heterocycles. The zero-order valence-electron chi connectivity index (χ0n) is 12.2. The number of rotatable bonds is 7. The number of benzene rings is 1. The molecule has 1 amide bonds. The van der Waals surface area contributed by atoms with Crippen molar-refractivity contribution >= 4 is 21.6 Å². The van der Waals surface area contributed by atoms with Gasteiger partial charge in [0, 0.05) is 6.54 Å². The van der Waals surface area contributed by atoms with Crippen molar-refractivity contribution in [2.75, 3.05) is 24.7 Å². The smallest absolute Gasteiger partial charge is 0.239 e. The number of nitriles is 1. The van der Waals surface area contributed by atoms with Crippen LogP contribution in [-0.2, 0) is 14.8 Å². The number of sulfonamides is 1. The van der Waals surface area contributed by atoms with Crippen LogP contribution >= 0.6 is 0 Å². The largest absolute Gasteiger partial charge is 0.324 e. The summed E-state index contributed by atoms with van der Waals surface area (Å²) in [7, 11) is -3.43. The van der Waals surface area contributed by atoms with Gasteiger partial charge in [0.05, 0.1) is 24.1 Å². The Hall–Kier alpha value is -1.91. The Kier molecular flexibility index (Phi) is 6.34. The SMILES string of the molecule is CCCCN(CC(=O)Nc1ccccc1C#N)S(C)(=O)=O. The van der Waals surface area contributed by atoms with Crippen molar-refractivity contribution in [3.63, 3.8) is 0 Å². The van der Waals surface area contributed by atoms with Crippen molar-refractivity contribution in [1.29, 1.82) is 5.26 Å². The van der Waals surface area contributed by atoms with Gasteiger partial charge in [0.15, 0.2) is 0 Å². The third kappa shape index (κ3) is 5.53. The van der Waals surface area contributed by atoms with Crippen molar-refractivity contribution in [1.82, 2.24) is 4.31 Å². The number of nitrogens with one attached hydrogen (secondary N) is 1. The van der Waals surface area contributed by atoms with Gasteiger partial charge < -0.3 is 5.32 Å². The molecule has 0 fully saturated rings. The predicted molar refractivity (Wildman–Crippen MR) is 81.1 cm³/mol. The van der Waals surface area contributed by atoms with Gasteiger partial charge >= 0.3 is 0 Å². The molecule has 0 aliphatic carbocycles. The van der Waals surface area contributed by atoms with Crippen molar-refractivity contribution in [3.8, 4) is 6.07 Å². The first-order chi connectivity index (χ1) is 9.88. The van der Waals surface area contributed by atoms with Gasteiger partial charge in [-0.15, -0.1) is 0 Å². The van der Waals surface area contributed by atoms with E-state index < -0.39 is 15.9 Å². The van der Waals surface area contributed by atoms with Crippen LogP contribution in [0.25, 0.3) is 0 Å². The van der Waals surface area contributed by atoms with Gasteiger partial charge in [-0.25, -0.2) is 8.42 Å². The topological polar surface area (TPSA) is 90.3 Å². The van der Waals surface area contributed by atoms with E-state index in [1.165, 1.54) is 0 Å². The van der Waals surface area contributed by atoms with E-state index in [0.717, 1.165) is 17.0 Å². The molecular formula is C14H19N3O3S. The minimum Gasteiger partial charge on any atom is -0.324 e. The van der Waals surface area contributed by atoms with Gasteiger partial charge in [-0.05, 0) is 18.6 Å². The van der Waals surface area contributed by atoms with Crippen LogP contribution in [0.2, 0.25) is 0 Å². The fraction of sp³-hybridized carbons (Fsp3) is 0.429. The maximum atomic E-state index is 12.0. The fourth-order valence-corrected chi connectivity index (χ4v) is 2.55. The molecule has 6 nitrogen and oxygen atoms in total. The van der Waals surface area contributed by atoms with Crippen LogP contribution in [0.5, 0.6) is 0 Å². The van der Waals surface area contributed by atoms with Crippen LogP contribution in [0.15, 0.2) is 24.3 Å². The van der Waals surface area contributed by atoms with Crippen molar-refractivity contribution in [2.24, 2.45) is 0 Å². The molecule has 1 aromatic rings. The molecule has 0 bridgehead atoms. The number of anilines is 1. The minimum absolute atomic E-state index is 0.251. The average Bonchev–Trinajstić information content (AvgIpc) is 2.42. The number of hydrogen-bond donors (Lipinski definition) is 1. The Morgan fingerprint density at radius 1 is 1.38 bits per heavy atom. The highest BCUT2D eigenvalue weighted by molar-refractivity contribution is 7.88. The minimum atomic E-state index is -3.43. The Labute approximate surface area is 125 Å². The molecule has 0 atom stereocenters. The second-order valence-electron chi connectivity index (χ2n) is 4.66. The standard InChI is InChI=1S/C14H19N3O3S/c1-3-4-9-17(21(2,19)20)11-14(18)16-13-8-6-5-7-12(13)10-15/h5-8H,3-4,9,11H2,1-2H3,(H,16,18). The summed E-state index contributed by atoms with van der Waals surface area (Å²) >= 11 is 0. The first-order valence-electron chi connectivity index (χ1n) is 6.62. The highest BCUT2D eigenvalue weighted by atomic mass is 32.2. The zero-order chi connectivity index (χ0) is 15.9. The molecule has 0 unspecified atom stereocenters. The lowest BCUT2D eigenvalue weighted by Gasteiger charge is -2.19. The molecule has 7 heteroatoms. The van der Waals surface area contributed by atoms with Crippen molar-refractivity contribution in [2.45, 2.75) is 19.8 Å². The summed E-state index contributed by atoms with van der Waals surface area (Å²) < 4.78 is 24.4. The number of nitrogens with zero attached hydrogens (tertiary/aromatic N) is 2. The first kappa shape index (κ1) is 17.1. The molecule has 0 saturated heterocycles. The van der Waals surface area contributed by atoms with E-state index >= 15 is 0 Å². The van der Waals surface area contributed by atoms with E-state index in [9.17, 15) is 13.2 Å². The summed E-state index contributed by atoms with van der Waals surface area (Å²) in [4.78, 5) is 12.0. The Morgan fingerprint density at radius 2 is 2.05 bits per heavy atom. The van der Waals surface area contributed by atoms with Crippen LogP contribution in [-0.4, -0.2) is 38.0 Å². The summed E-state index contributed by atoms with van der Waals surface area (Å²) in [6, 6.07) is 8.55. The van der Waals surface area contributed by atoms with Crippen LogP contribution in [0.4, 0.5) is 5.69 Å². The van der Waals surface area contributed by atoms with Gasteiger partial charge in [-0.1, -0.05) is 25.5 Å². The molecular weight excluding hydrogens is 290 g/mol. The second-order valence-corrected chi connectivity index (χ2v) is 6.64. The molecule has 0 aliphatic heterocycles. The number of amides is 1. The molecule has 0 saturated carbocycles. The Bertz CT molecular complexity index is 635. The normalized spacial score (nSPS) is 11.1. The molecule has 1 N–H and O–H groups in total. The van der Waals surface area contributed by atoms with E-state index in [1.54, 1.807) is 24.3 Å². The Morgan fingerprint density at radius 3 is 2.62 bits per heavy atom. The molecule has 1 rings (SSSR count). The quantitative estimate of drug-likeness (QED) is 0.827. The molecule has 1 aromatic carbocycles. The average molecular weight is 309 g/mol. The summed E-state index contributed by atoms with van der Waals surface area (Å²) in [5.41, 5.74) is 0.722. The summed E-state index contributed by atoms with van der Waals surface area (Å²) in [6.07, 6.45) is 2.61. The van der Waals surface area contributed by atoms with Crippen LogP contribution < -0.4 is 5.32 Å². The number of para-hydroxylation sites is 1. The van der Waals surface area contributed by atoms with Gasteiger partial charge in [-0.2, -0.15) is 9.57 Å². The summed E-state index contributed by atoms with van der Waals surface area (Å²) in [5, 5.41) is 11.5. The van der Waals surface area contributed by atoms with Crippen molar-refractivity contribution < 1.29 is 13.2 Å². The van der Waals surface area contributed by atoms with E-state index in [4.69, 9.17) is 5.26 Å². The third-order valence-corrected chi connectivity index (χ3v) is 4.12. The Balaban J connectivity index is 2.77. The molecule has 21 heavy (non-hydrogen) atoms. The van der Waals surface area contributed by atoms with Gasteiger partial charge in [-0.3, -0.25) is 4.79 Å². The lowest BCUT2D eigenvalue weighted by molar-refractivity contribution is -0.116. The summed E-state index contributed by atoms with van der Waals surface area (Å²) in [5.74, 6) is -0.459. The predicted octanol–water partition coefficient (Wildman–Crippen LogP) is 1.56. The van der Waals surface area contributed by atoms with E-state index in [1.807, 2.05) is 13.0 Å². The number of unbranched alkanes of at least 4 members (excludes halogenated alkanes) is 1. The molecule has 0 heterocycles. The van der Waals surface area contributed by atoms with Gasteiger partial charge in [0.25, 0.3) is 0 Å². The highest BCUT2D eigenvalue weighted by Crippen LogP contribution is 2.13. The second kappa shape index (κ2) is 7.76. The first-order valence-corrected chi connectivity index (χ1v) is 8.47. The van der Waals surface area contributed by atoms with Gasteiger partial charge in [0.1, 0.15) is 6.07 Å². The molecule has 114 valence electrons. The number of carbonyl (C=O) groups is 1. The van der Waals surface area contributed by atoms with Crippen LogP contribution in [0.3, 0.4) is 0 Å². The fourth-order valence-electron chi connectivity index (χ4n) is 1.74. The number of hydrogen-bond acceptors (Lipinski definition) is 4. The van der Waals surface area contributed by atoms with E-state index in [-0.39, 0.29) is 6.54 Å². The van der Waals surface area contributed by atoms with E-state index in [2.05, 4.69) is 5.32 Å². The lowest BCUT2D eigenvalue weighted by atomic mass is 10.2.